The first-order valence-corrected chi connectivity index (χ1v) is 5.98. The van der Waals surface area contributed by atoms with Gasteiger partial charge in [0.2, 0.25) is 5.89 Å². The lowest BCUT2D eigenvalue weighted by molar-refractivity contribution is 0.573. The van der Waals surface area contributed by atoms with Crippen molar-refractivity contribution in [3.8, 4) is 11.5 Å². The Kier molecular flexibility index (Phi) is 3.03. The van der Waals surface area contributed by atoms with Crippen LogP contribution in [0.3, 0.4) is 0 Å². The molecule has 1 aromatic carbocycles. The molecule has 1 heterocycles. The zero-order valence-corrected chi connectivity index (χ0v) is 10.4. The molecule has 0 unspecified atom stereocenters. The van der Waals surface area contributed by atoms with E-state index in [0.717, 1.165) is 15.7 Å². The zero-order chi connectivity index (χ0) is 9.97. The molecule has 0 spiro atoms. The van der Waals surface area contributed by atoms with Crippen LogP contribution in [0.15, 0.2) is 39.4 Å². The van der Waals surface area contributed by atoms with E-state index < -0.39 is 0 Å². The van der Waals surface area contributed by atoms with E-state index >= 15 is 0 Å². The van der Waals surface area contributed by atoms with E-state index in [9.17, 15) is 0 Å². The van der Waals surface area contributed by atoms with Crippen LogP contribution < -0.4 is 0 Å². The maximum atomic E-state index is 5.35. The largest absolute Gasteiger partial charge is 0.444 e. The van der Waals surface area contributed by atoms with Gasteiger partial charge < -0.3 is 4.42 Å². The lowest BCUT2D eigenvalue weighted by Gasteiger charge is -1.97. The summed E-state index contributed by atoms with van der Waals surface area (Å²) in [6, 6.07) is 7.85. The highest BCUT2D eigenvalue weighted by atomic mass is 79.9. The van der Waals surface area contributed by atoms with Crippen molar-refractivity contribution < 1.29 is 4.42 Å². The van der Waals surface area contributed by atoms with E-state index in [-0.39, 0.29) is 0 Å². The highest BCUT2D eigenvalue weighted by Crippen LogP contribution is 2.27. The molecule has 0 atom stereocenters. The molecule has 0 aliphatic rings. The smallest absolute Gasteiger partial charge is 0.227 e. The Morgan fingerprint density at radius 1 is 1.29 bits per heavy atom. The van der Waals surface area contributed by atoms with Crippen molar-refractivity contribution in [1.29, 1.82) is 0 Å². The SMILES string of the molecule is BrCc1coc(-c2ccccc2Br)n1. The molecule has 0 aliphatic heterocycles. The van der Waals surface area contributed by atoms with E-state index in [1.165, 1.54) is 0 Å². The lowest BCUT2D eigenvalue weighted by atomic mass is 10.2. The van der Waals surface area contributed by atoms with Crippen LogP contribution in [-0.2, 0) is 5.33 Å². The average Bonchev–Trinajstić information content (AvgIpc) is 2.67. The standard InChI is InChI=1S/C10H7Br2NO/c11-5-7-6-14-10(13-7)8-3-1-2-4-9(8)12/h1-4,6H,5H2. The molecule has 1 aromatic heterocycles. The predicted octanol–water partition coefficient (Wildman–Crippen LogP) is 4.00. The average molecular weight is 317 g/mol. The van der Waals surface area contributed by atoms with E-state index in [1.54, 1.807) is 6.26 Å². The number of alkyl halides is 1. The topological polar surface area (TPSA) is 26.0 Å². The second-order valence-electron chi connectivity index (χ2n) is 2.76. The normalized spacial score (nSPS) is 10.4. The summed E-state index contributed by atoms with van der Waals surface area (Å²) in [7, 11) is 0. The van der Waals surface area contributed by atoms with Crippen LogP contribution in [-0.4, -0.2) is 4.98 Å². The van der Waals surface area contributed by atoms with Gasteiger partial charge in [-0.1, -0.05) is 28.1 Å². The number of halogens is 2. The summed E-state index contributed by atoms with van der Waals surface area (Å²) in [6.07, 6.45) is 1.66. The van der Waals surface area contributed by atoms with Crippen molar-refractivity contribution in [2.45, 2.75) is 5.33 Å². The number of aromatic nitrogens is 1. The Balaban J connectivity index is 2.44. The minimum absolute atomic E-state index is 0.645. The summed E-state index contributed by atoms with van der Waals surface area (Å²) in [6.45, 7) is 0. The van der Waals surface area contributed by atoms with Crippen LogP contribution in [0.1, 0.15) is 5.69 Å². The molecule has 0 N–H and O–H groups in total. The van der Waals surface area contributed by atoms with Crippen LogP contribution in [0.4, 0.5) is 0 Å². The Bertz CT molecular complexity index is 439. The molecule has 2 nitrogen and oxygen atoms in total. The van der Waals surface area contributed by atoms with Gasteiger partial charge in [0.1, 0.15) is 6.26 Å². The summed E-state index contributed by atoms with van der Waals surface area (Å²) in [4.78, 5) is 4.32. The van der Waals surface area contributed by atoms with Gasteiger partial charge in [0.05, 0.1) is 11.3 Å². The molecule has 14 heavy (non-hydrogen) atoms. The monoisotopic (exact) mass is 315 g/mol. The van der Waals surface area contributed by atoms with Gasteiger partial charge in [0.15, 0.2) is 0 Å². The molecule has 0 bridgehead atoms. The fourth-order valence-electron chi connectivity index (χ4n) is 1.13. The van der Waals surface area contributed by atoms with Gasteiger partial charge in [0, 0.05) is 9.80 Å². The summed E-state index contributed by atoms with van der Waals surface area (Å²) >= 11 is 6.78. The fourth-order valence-corrected chi connectivity index (χ4v) is 1.84. The van der Waals surface area contributed by atoms with Gasteiger partial charge in [-0.25, -0.2) is 4.98 Å². The van der Waals surface area contributed by atoms with Gasteiger partial charge in [-0.15, -0.1) is 0 Å². The van der Waals surface area contributed by atoms with Crippen molar-refractivity contribution in [3.05, 3.63) is 40.7 Å². The van der Waals surface area contributed by atoms with Gasteiger partial charge in [0.25, 0.3) is 0 Å². The second-order valence-corrected chi connectivity index (χ2v) is 4.17. The van der Waals surface area contributed by atoms with E-state index in [1.807, 2.05) is 24.3 Å². The zero-order valence-electron chi connectivity index (χ0n) is 7.21. The summed E-state index contributed by atoms with van der Waals surface area (Å²) in [5, 5.41) is 0.709. The molecule has 2 rings (SSSR count). The van der Waals surface area contributed by atoms with E-state index in [0.29, 0.717) is 11.2 Å². The molecular formula is C10H7Br2NO. The van der Waals surface area contributed by atoms with Gasteiger partial charge >= 0.3 is 0 Å². The first kappa shape index (κ1) is 9.93. The molecule has 0 saturated heterocycles. The summed E-state index contributed by atoms with van der Waals surface area (Å²) < 4.78 is 6.34. The van der Waals surface area contributed by atoms with Crippen molar-refractivity contribution in [1.82, 2.24) is 4.98 Å². The minimum atomic E-state index is 0.645. The van der Waals surface area contributed by atoms with Crippen LogP contribution in [0.5, 0.6) is 0 Å². The maximum Gasteiger partial charge on any atom is 0.227 e. The number of hydrogen-bond acceptors (Lipinski definition) is 2. The Morgan fingerprint density at radius 3 is 2.71 bits per heavy atom. The number of benzene rings is 1. The Morgan fingerprint density at radius 2 is 2.07 bits per heavy atom. The van der Waals surface area contributed by atoms with Crippen LogP contribution in [0.25, 0.3) is 11.5 Å². The quantitative estimate of drug-likeness (QED) is 0.783. The second kappa shape index (κ2) is 4.28. The maximum absolute atomic E-state index is 5.35. The van der Waals surface area contributed by atoms with E-state index in [2.05, 4.69) is 36.8 Å². The molecule has 0 radical (unpaired) electrons. The highest BCUT2D eigenvalue weighted by Gasteiger charge is 2.08. The Labute approximate surface area is 98.6 Å². The molecule has 4 heteroatoms. The number of nitrogens with zero attached hydrogens (tertiary/aromatic N) is 1. The lowest BCUT2D eigenvalue weighted by Crippen LogP contribution is -1.80. The number of hydrogen-bond donors (Lipinski definition) is 0. The van der Waals surface area contributed by atoms with E-state index in [4.69, 9.17) is 4.42 Å². The van der Waals surface area contributed by atoms with Crippen LogP contribution in [0.2, 0.25) is 0 Å². The first-order chi connectivity index (χ1) is 6.81. The highest BCUT2D eigenvalue weighted by molar-refractivity contribution is 9.10. The predicted molar refractivity (Wildman–Crippen MR) is 62.3 cm³/mol. The molecule has 0 saturated carbocycles. The number of oxazole rings is 1. The number of rotatable bonds is 2. The van der Waals surface area contributed by atoms with Crippen molar-refractivity contribution in [3.63, 3.8) is 0 Å². The Hall–Kier alpha value is -0.610. The van der Waals surface area contributed by atoms with Gasteiger partial charge in [-0.05, 0) is 28.1 Å². The van der Waals surface area contributed by atoms with Crippen molar-refractivity contribution in [2.24, 2.45) is 0 Å². The molecule has 0 fully saturated rings. The first-order valence-electron chi connectivity index (χ1n) is 4.06. The molecular weight excluding hydrogens is 310 g/mol. The third-order valence-electron chi connectivity index (χ3n) is 1.79. The van der Waals surface area contributed by atoms with Crippen molar-refractivity contribution in [2.75, 3.05) is 0 Å². The van der Waals surface area contributed by atoms with Gasteiger partial charge in [-0.3, -0.25) is 0 Å². The fraction of sp³-hybridized carbons (Fsp3) is 0.100. The molecule has 0 amide bonds. The third-order valence-corrected chi connectivity index (χ3v) is 3.06. The van der Waals surface area contributed by atoms with Crippen LogP contribution in [0, 0.1) is 0 Å². The molecule has 72 valence electrons. The molecule has 2 aromatic rings. The third kappa shape index (κ3) is 1.91. The van der Waals surface area contributed by atoms with Crippen molar-refractivity contribution >= 4 is 31.9 Å². The van der Waals surface area contributed by atoms with Crippen LogP contribution >= 0.6 is 31.9 Å². The van der Waals surface area contributed by atoms with Gasteiger partial charge in [-0.2, -0.15) is 0 Å². The summed E-state index contributed by atoms with van der Waals surface area (Å²) in [5.74, 6) is 0.645. The summed E-state index contributed by atoms with van der Waals surface area (Å²) in [5.41, 5.74) is 1.87. The molecule has 0 aliphatic carbocycles. The minimum Gasteiger partial charge on any atom is -0.444 e.